The molecule has 11 atom stereocenters. The van der Waals surface area contributed by atoms with Crippen LogP contribution in [0.5, 0.6) is 0 Å². The molecule has 0 spiro atoms. The highest BCUT2D eigenvalue weighted by molar-refractivity contribution is 5.70. The topological polar surface area (TPSA) is 231 Å². The lowest BCUT2D eigenvalue weighted by Crippen LogP contribution is -2.61. The molecule has 0 bridgehead atoms. The molecule has 2 fully saturated rings. The van der Waals surface area contributed by atoms with Crippen molar-refractivity contribution in [1.82, 2.24) is 0 Å². The average Bonchev–Trinajstić information content (AvgIpc) is 3.33. The first-order valence-electron chi connectivity index (χ1n) is 26.9. The van der Waals surface area contributed by atoms with Crippen molar-refractivity contribution in [3.8, 4) is 0 Å². The summed E-state index contributed by atoms with van der Waals surface area (Å²) in [6.07, 6.45) is 24.8. The van der Waals surface area contributed by atoms with Gasteiger partial charge in [0.25, 0.3) is 0 Å². The van der Waals surface area contributed by atoms with E-state index in [0.29, 0.717) is 12.8 Å². The van der Waals surface area contributed by atoms with Gasteiger partial charge in [-0.3, -0.25) is 9.59 Å². The normalized spacial score (nSPS) is 25.9. The van der Waals surface area contributed by atoms with E-state index in [0.717, 1.165) is 64.2 Å². The molecule has 2 heterocycles. The van der Waals surface area contributed by atoms with Gasteiger partial charge in [0.05, 0.1) is 19.8 Å². The largest absolute Gasteiger partial charge is 0.462 e. The molecule has 2 aliphatic heterocycles. The van der Waals surface area contributed by atoms with E-state index in [9.17, 15) is 45.3 Å². The van der Waals surface area contributed by atoms with Crippen molar-refractivity contribution >= 4 is 11.9 Å². The SMILES string of the molecule is CCCCC/C=C/C/C=C/CCCCCCCC(=O)O[C@@H](COC(=O)CCCCCCCCCCCCCCCCCCC)CO[C@@H]1O[C@H](CO[C@@H]2O[C@H](CO)[C@H](O)C(O)C2O)[C@H](O)C(O)C1O. The number of carbonyl (C=O) groups excluding carboxylic acids is 2. The molecular weight excluding hydrogens is 877 g/mol. The predicted molar refractivity (Wildman–Crippen MR) is 261 cm³/mol. The molecule has 0 aromatic heterocycles. The van der Waals surface area contributed by atoms with Crippen LogP contribution in [0.3, 0.4) is 0 Å². The van der Waals surface area contributed by atoms with Crippen LogP contribution in [-0.4, -0.2) is 142 Å². The highest BCUT2D eigenvalue weighted by Crippen LogP contribution is 2.26. The van der Waals surface area contributed by atoms with Gasteiger partial charge in [0, 0.05) is 12.8 Å². The predicted octanol–water partition coefficient (Wildman–Crippen LogP) is 7.94. The van der Waals surface area contributed by atoms with Crippen molar-refractivity contribution in [1.29, 1.82) is 0 Å². The fourth-order valence-corrected chi connectivity index (χ4v) is 8.48. The van der Waals surface area contributed by atoms with E-state index in [1.807, 2.05) is 0 Å². The van der Waals surface area contributed by atoms with Crippen LogP contribution in [0.2, 0.25) is 0 Å². The smallest absolute Gasteiger partial charge is 0.306 e. The van der Waals surface area contributed by atoms with Gasteiger partial charge in [-0.25, -0.2) is 0 Å². The second-order valence-electron chi connectivity index (χ2n) is 19.1. The molecule has 0 aliphatic carbocycles. The maximum atomic E-state index is 13.0. The van der Waals surface area contributed by atoms with Crippen LogP contribution in [0.4, 0.5) is 0 Å². The van der Waals surface area contributed by atoms with Crippen molar-refractivity contribution in [2.24, 2.45) is 0 Å². The molecule has 4 unspecified atom stereocenters. The molecule has 15 heteroatoms. The molecule has 2 aliphatic rings. The Kier molecular flexibility index (Phi) is 37.0. The van der Waals surface area contributed by atoms with Crippen molar-refractivity contribution in [2.45, 2.75) is 274 Å². The third kappa shape index (κ3) is 28.1. The fourth-order valence-electron chi connectivity index (χ4n) is 8.48. The van der Waals surface area contributed by atoms with Gasteiger partial charge in [-0.05, 0) is 44.9 Å². The Morgan fingerprint density at radius 2 is 0.882 bits per heavy atom. The van der Waals surface area contributed by atoms with E-state index < -0.39 is 92.7 Å². The van der Waals surface area contributed by atoms with Crippen molar-refractivity contribution in [3.63, 3.8) is 0 Å². The van der Waals surface area contributed by atoms with Crippen LogP contribution in [0.25, 0.3) is 0 Å². The van der Waals surface area contributed by atoms with Gasteiger partial charge in [0.2, 0.25) is 0 Å². The Hall–Kier alpha value is -2.02. The number of esters is 2. The summed E-state index contributed by atoms with van der Waals surface area (Å²) < 4.78 is 33.6. The molecule has 0 aromatic carbocycles. The van der Waals surface area contributed by atoms with E-state index in [1.54, 1.807) is 0 Å². The lowest BCUT2D eigenvalue weighted by Gasteiger charge is -2.42. The van der Waals surface area contributed by atoms with Crippen LogP contribution < -0.4 is 0 Å². The lowest BCUT2D eigenvalue weighted by molar-refractivity contribution is -0.332. The zero-order valence-electron chi connectivity index (χ0n) is 42.1. The highest BCUT2D eigenvalue weighted by Gasteiger charge is 2.47. The number of aliphatic hydroxyl groups excluding tert-OH is 7. The molecule has 0 amide bonds. The van der Waals surface area contributed by atoms with Gasteiger partial charge in [-0.1, -0.05) is 173 Å². The number of carbonyl (C=O) groups is 2. The summed E-state index contributed by atoms with van der Waals surface area (Å²) in [6, 6.07) is 0. The first-order valence-corrected chi connectivity index (χ1v) is 26.9. The van der Waals surface area contributed by atoms with Gasteiger partial charge in [0.15, 0.2) is 18.7 Å². The van der Waals surface area contributed by atoms with Gasteiger partial charge < -0.3 is 64.2 Å². The summed E-state index contributed by atoms with van der Waals surface area (Å²) in [7, 11) is 0. The Labute approximate surface area is 409 Å². The fraction of sp³-hybridized carbons (Fsp3) is 0.887. The molecular formula is C53H96O15. The number of allylic oxidation sites excluding steroid dienone is 4. The zero-order valence-corrected chi connectivity index (χ0v) is 42.1. The molecule has 0 aromatic rings. The van der Waals surface area contributed by atoms with E-state index >= 15 is 0 Å². The van der Waals surface area contributed by atoms with E-state index in [2.05, 4.69) is 38.2 Å². The second-order valence-corrected chi connectivity index (χ2v) is 19.1. The van der Waals surface area contributed by atoms with Gasteiger partial charge >= 0.3 is 11.9 Å². The van der Waals surface area contributed by atoms with Crippen LogP contribution in [-0.2, 0) is 38.0 Å². The average molecular weight is 973 g/mol. The second kappa shape index (κ2) is 40.6. The van der Waals surface area contributed by atoms with Crippen LogP contribution in [0, 0.1) is 0 Å². The zero-order chi connectivity index (χ0) is 49.6. The molecule has 0 saturated carbocycles. The standard InChI is InChI=1S/C53H96O15/c1-3-5-7-9-11-13-15-17-19-20-22-23-25-27-29-31-33-35-44(55)63-38-41(66-45(56)36-34-32-30-28-26-24-21-18-16-14-12-10-8-6-4-2)39-64-52-51(62)49(60)47(58)43(68-52)40-65-53-50(61)48(59)46(57)42(37-54)67-53/h12,14,18,21,41-43,46-54,57-62H,3-11,13,15-17,19-20,22-40H2,1-2H3/b14-12+,21-18+/t41-,42+,43+,46-,47-,48?,49?,50?,51?,52+,53+/m0/s1. The van der Waals surface area contributed by atoms with Gasteiger partial charge in [-0.15, -0.1) is 0 Å². The third-order valence-electron chi connectivity index (χ3n) is 12.9. The summed E-state index contributed by atoms with van der Waals surface area (Å²) in [5.74, 6) is -0.932. The number of ether oxygens (including phenoxy) is 6. The minimum Gasteiger partial charge on any atom is -0.462 e. The van der Waals surface area contributed by atoms with Crippen LogP contribution in [0.15, 0.2) is 24.3 Å². The number of unbranched alkanes of at least 4 members (excludes halogenated alkanes) is 24. The highest BCUT2D eigenvalue weighted by atomic mass is 16.7. The summed E-state index contributed by atoms with van der Waals surface area (Å²) in [5.41, 5.74) is 0. The third-order valence-corrected chi connectivity index (χ3v) is 12.9. The molecule has 15 nitrogen and oxygen atoms in total. The summed E-state index contributed by atoms with van der Waals surface area (Å²) in [4.78, 5) is 25.8. The minimum absolute atomic E-state index is 0.152. The molecule has 0 radical (unpaired) electrons. The molecule has 2 rings (SSSR count). The maximum Gasteiger partial charge on any atom is 0.306 e. The van der Waals surface area contributed by atoms with Crippen LogP contribution >= 0.6 is 0 Å². The van der Waals surface area contributed by atoms with E-state index in [1.165, 1.54) is 103 Å². The summed E-state index contributed by atoms with van der Waals surface area (Å²) in [6.45, 7) is 2.57. The monoisotopic (exact) mass is 973 g/mol. The first-order chi connectivity index (χ1) is 33.0. The number of aliphatic hydroxyl groups is 7. The van der Waals surface area contributed by atoms with Crippen molar-refractivity contribution < 1.29 is 73.8 Å². The van der Waals surface area contributed by atoms with Crippen molar-refractivity contribution in [3.05, 3.63) is 24.3 Å². The molecule has 68 heavy (non-hydrogen) atoms. The summed E-state index contributed by atoms with van der Waals surface area (Å²) >= 11 is 0. The van der Waals surface area contributed by atoms with Gasteiger partial charge in [0.1, 0.15) is 55.4 Å². The van der Waals surface area contributed by atoms with Gasteiger partial charge in [-0.2, -0.15) is 0 Å². The lowest BCUT2D eigenvalue weighted by atomic mass is 9.98. The number of hydrogen-bond donors (Lipinski definition) is 7. The van der Waals surface area contributed by atoms with Crippen LogP contribution in [0.1, 0.15) is 206 Å². The Bertz CT molecular complexity index is 1280. The first kappa shape index (κ1) is 62.1. The van der Waals surface area contributed by atoms with E-state index in [4.69, 9.17) is 28.4 Å². The molecule has 7 N–H and O–H groups in total. The Morgan fingerprint density at radius 3 is 1.40 bits per heavy atom. The number of hydrogen-bond acceptors (Lipinski definition) is 15. The quantitative estimate of drug-likeness (QED) is 0.0175. The summed E-state index contributed by atoms with van der Waals surface area (Å²) in [5, 5.41) is 72.1. The molecule has 2 saturated heterocycles. The minimum atomic E-state index is -1.77. The maximum absolute atomic E-state index is 13.0. The van der Waals surface area contributed by atoms with E-state index in [-0.39, 0.29) is 26.1 Å². The Morgan fingerprint density at radius 1 is 0.471 bits per heavy atom. The number of rotatable bonds is 42. The van der Waals surface area contributed by atoms with Crippen molar-refractivity contribution in [2.75, 3.05) is 26.4 Å². The Balaban J connectivity index is 1.79. The molecule has 398 valence electrons.